The van der Waals surface area contributed by atoms with Crippen molar-refractivity contribution >= 4 is 7.85 Å². The summed E-state index contributed by atoms with van der Waals surface area (Å²) in [5, 5.41) is 27.4. The lowest BCUT2D eigenvalue weighted by Gasteiger charge is -2.29. The number of hydrogen-bond acceptors (Lipinski definition) is 4. The van der Waals surface area contributed by atoms with Crippen LogP contribution in [0.3, 0.4) is 0 Å². The standard InChI is InChI=1S/C7H13BO4/c1-7(3-10)4(2-9)12-6(8)5(7)11/h4-6,9-11H,2-3H2,1H3/t4?,5-,6?,7+/m0/s1. The van der Waals surface area contributed by atoms with Crippen LogP contribution in [0.4, 0.5) is 0 Å². The Morgan fingerprint density at radius 2 is 2.08 bits per heavy atom. The van der Waals surface area contributed by atoms with E-state index in [0.717, 1.165) is 0 Å². The topological polar surface area (TPSA) is 69.9 Å². The van der Waals surface area contributed by atoms with Crippen LogP contribution in [0.1, 0.15) is 6.92 Å². The Hall–Kier alpha value is -0.0951. The van der Waals surface area contributed by atoms with E-state index in [1.807, 2.05) is 0 Å². The second-order valence-corrected chi connectivity index (χ2v) is 3.38. The van der Waals surface area contributed by atoms with Crippen molar-refractivity contribution in [3.63, 3.8) is 0 Å². The Labute approximate surface area is 72.6 Å². The molecular formula is C7H13BO4. The fraction of sp³-hybridized carbons (Fsp3) is 1.00. The Bertz CT molecular complexity index is 165. The van der Waals surface area contributed by atoms with Gasteiger partial charge in [0.2, 0.25) is 0 Å². The molecule has 0 aromatic carbocycles. The highest BCUT2D eigenvalue weighted by molar-refractivity contribution is 6.11. The van der Waals surface area contributed by atoms with Crippen LogP contribution >= 0.6 is 0 Å². The van der Waals surface area contributed by atoms with Crippen LogP contribution in [0.25, 0.3) is 0 Å². The molecule has 0 aromatic heterocycles. The summed E-state index contributed by atoms with van der Waals surface area (Å²) >= 11 is 0. The molecule has 68 valence electrons. The maximum absolute atomic E-state index is 9.50. The Morgan fingerprint density at radius 3 is 2.42 bits per heavy atom. The molecule has 1 heterocycles. The van der Waals surface area contributed by atoms with Crippen LogP contribution in [-0.2, 0) is 4.74 Å². The van der Waals surface area contributed by atoms with Gasteiger partial charge < -0.3 is 20.1 Å². The summed E-state index contributed by atoms with van der Waals surface area (Å²) in [4.78, 5) is 0. The summed E-state index contributed by atoms with van der Waals surface area (Å²) in [7, 11) is 5.40. The van der Waals surface area contributed by atoms with E-state index in [9.17, 15) is 5.11 Å². The van der Waals surface area contributed by atoms with Gasteiger partial charge in [-0.15, -0.1) is 0 Å². The van der Waals surface area contributed by atoms with Gasteiger partial charge in [-0.05, 0) is 0 Å². The van der Waals surface area contributed by atoms with Gasteiger partial charge >= 0.3 is 0 Å². The van der Waals surface area contributed by atoms with Crippen LogP contribution in [0, 0.1) is 5.41 Å². The van der Waals surface area contributed by atoms with Gasteiger partial charge in [0.15, 0.2) is 0 Å². The van der Waals surface area contributed by atoms with Crippen LogP contribution in [0.15, 0.2) is 0 Å². The molecule has 0 aromatic rings. The Morgan fingerprint density at radius 1 is 1.50 bits per heavy atom. The van der Waals surface area contributed by atoms with Crippen molar-refractivity contribution in [2.45, 2.75) is 25.1 Å². The third kappa shape index (κ3) is 1.27. The first kappa shape index (κ1) is 9.99. The fourth-order valence-corrected chi connectivity index (χ4v) is 1.43. The second kappa shape index (κ2) is 3.34. The molecule has 3 N–H and O–H groups in total. The van der Waals surface area contributed by atoms with E-state index >= 15 is 0 Å². The van der Waals surface area contributed by atoms with E-state index in [1.54, 1.807) is 6.92 Å². The molecule has 0 spiro atoms. The van der Waals surface area contributed by atoms with Crippen LogP contribution < -0.4 is 0 Å². The third-order valence-corrected chi connectivity index (χ3v) is 2.55. The molecule has 2 radical (unpaired) electrons. The molecule has 1 saturated heterocycles. The zero-order chi connectivity index (χ0) is 9.35. The lowest BCUT2D eigenvalue weighted by molar-refractivity contribution is -0.0300. The molecule has 4 nitrogen and oxygen atoms in total. The van der Waals surface area contributed by atoms with Crippen LogP contribution in [0.2, 0.25) is 0 Å². The van der Waals surface area contributed by atoms with Crippen molar-refractivity contribution in [1.82, 2.24) is 0 Å². The molecule has 0 bridgehead atoms. The summed E-state index contributed by atoms with van der Waals surface area (Å²) in [6, 6.07) is -0.820. The molecule has 2 unspecified atom stereocenters. The number of ether oxygens (including phenoxy) is 1. The van der Waals surface area contributed by atoms with Gasteiger partial charge in [-0.2, -0.15) is 0 Å². The quantitative estimate of drug-likeness (QED) is 0.431. The maximum atomic E-state index is 9.50. The summed E-state index contributed by atoms with van der Waals surface area (Å²) in [5.41, 5.74) is -0.853. The van der Waals surface area contributed by atoms with Gasteiger partial charge in [-0.25, -0.2) is 0 Å². The van der Waals surface area contributed by atoms with Crippen molar-refractivity contribution in [3.05, 3.63) is 0 Å². The summed E-state index contributed by atoms with van der Waals surface area (Å²) in [5.74, 6) is 0. The zero-order valence-corrected chi connectivity index (χ0v) is 6.97. The SMILES string of the molecule is [B]C1OC(CO)[C@@](C)(CO)[C@H]1O. The van der Waals surface area contributed by atoms with Gasteiger partial charge in [-0.3, -0.25) is 0 Å². The number of hydrogen-bond donors (Lipinski definition) is 3. The van der Waals surface area contributed by atoms with E-state index < -0.39 is 23.6 Å². The summed E-state index contributed by atoms with van der Waals surface area (Å²) in [6.45, 7) is 1.13. The van der Waals surface area contributed by atoms with Crippen molar-refractivity contribution in [2.75, 3.05) is 13.2 Å². The van der Waals surface area contributed by atoms with E-state index in [4.69, 9.17) is 22.8 Å². The van der Waals surface area contributed by atoms with Crippen molar-refractivity contribution < 1.29 is 20.1 Å². The highest BCUT2D eigenvalue weighted by Crippen LogP contribution is 2.36. The van der Waals surface area contributed by atoms with E-state index in [-0.39, 0.29) is 13.2 Å². The van der Waals surface area contributed by atoms with Crippen molar-refractivity contribution in [3.8, 4) is 0 Å². The molecule has 1 aliphatic heterocycles. The third-order valence-electron chi connectivity index (χ3n) is 2.55. The first-order chi connectivity index (χ1) is 5.56. The maximum Gasteiger partial charge on any atom is 0.112 e. The molecule has 1 fully saturated rings. The molecular weight excluding hydrogens is 159 g/mol. The molecule has 0 amide bonds. The molecule has 12 heavy (non-hydrogen) atoms. The smallest absolute Gasteiger partial charge is 0.112 e. The highest BCUT2D eigenvalue weighted by atomic mass is 16.5. The summed E-state index contributed by atoms with van der Waals surface area (Å²) < 4.78 is 5.05. The summed E-state index contributed by atoms with van der Waals surface area (Å²) in [6.07, 6.45) is -1.52. The minimum atomic E-state index is -0.931. The Kier molecular flexibility index (Phi) is 2.78. The van der Waals surface area contributed by atoms with Crippen molar-refractivity contribution in [1.29, 1.82) is 0 Å². The minimum absolute atomic E-state index is 0.248. The van der Waals surface area contributed by atoms with Gasteiger partial charge in [0, 0.05) is 11.4 Å². The number of rotatable bonds is 2. The average Bonchev–Trinajstić information content (AvgIpc) is 2.30. The molecule has 1 rings (SSSR count). The first-order valence-corrected chi connectivity index (χ1v) is 3.87. The van der Waals surface area contributed by atoms with Gasteiger partial charge in [0.1, 0.15) is 7.85 Å². The second-order valence-electron chi connectivity index (χ2n) is 3.38. The lowest BCUT2D eigenvalue weighted by Crippen LogP contribution is -2.43. The fourth-order valence-electron chi connectivity index (χ4n) is 1.43. The van der Waals surface area contributed by atoms with Crippen molar-refractivity contribution in [2.24, 2.45) is 5.41 Å². The first-order valence-electron chi connectivity index (χ1n) is 3.87. The molecule has 0 saturated carbocycles. The number of aliphatic hydroxyl groups excluding tert-OH is 3. The van der Waals surface area contributed by atoms with Gasteiger partial charge in [-0.1, -0.05) is 6.92 Å². The molecule has 4 atom stereocenters. The predicted octanol–water partition coefficient (Wildman–Crippen LogP) is -1.77. The minimum Gasteiger partial charge on any atom is -0.396 e. The zero-order valence-electron chi connectivity index (χ0n) is 6.97. The van der Waals surface area contributed by atoms with E-state index in [0.29, 0.717) is 0 Å². The van der Waals surface area contributed by atoms with Gasteiger partial charge in [0.25, 0.3) is 0 Å². The normalized spacial score (nSPS) is 48.2. The molecule has 1 aliphatic rings. The van der Waals surface area contributed by atoms with Crippen LogP contribution in [-0.4, -0.2) is 54.6 Å². The van der Waals surface area contributed by atoms with Gasteiger partial charge in [0.05, 0.1) is 25.4 Å². The predicted molar refractivity (Wildman–Crippen MR) is 42.7 cm³/mol. The van der Waals surface area contributed by atoms with E-state index in [1.165, 1.54) is 0 Å². The monoisotopic (exact) mass is 172 g/mol. The highest BCUT2D eigenvalue weighted by Gasteiger charge is 2.50. The lowest BCUT2D eigenvalue weighted by atomic mass is 9.76. The molecule has 0 aliphatic carbocycles. The van der Waals surface area contributed by atoms with E-state index in [2.05, 4.69) is 0 Å². The Balaban J connectivity index is 2.80. The number of aliphatic hydroxyl groups is 3. The molecule has 5 heteroatoms. The average molecular weight is 172 g/mol. The van der Waals surface area contributed by atoms with Crippen LogP contribution in [0.5, 0.6) is 0 Å². The largest absolute Gasteiger partial charge is 0.396 e.